The van der Waals surface area contributed by atoms with Gasteiger partial charge in [0.25, 0.3) is 5.69 Å². The van der Waals surface area contributed by atoms with Crippen molar-refractivity contribution in [2.24, 2.45) is 0 Å². The van der Waals surface area contributed by atoms with Crippen LogP contribution < -0.4 is 4.90 Å². The predicted molar refractivity (Wildman–Crippen MR) is 110 cm³/mol. The highest BCUT2D eigenvalue weighted by atomic mass is 16.6. The molecule has 2 aliphatic heterocycles. The van der Waals surface area contributed by atoms with E-state index in [2.05, 4.69) is 9.80 Å². The van der Waals surface area contributed by atoms with Crippen LogP contribution in [0.3, 0.4) is 0 Å². The minimum atomic E-state index is -0.377. The van der Waals surface area contributed by atoms with Gasteiger partial charge in [-0.3, -0.25) is 24.7 Å². The molecule has 2 heterocycles. The van der Waals surface area contributed by atoms with Gasteiger partial charge in [0.15, 0.2) is 0 Å². The maximum Gasteiger partial charge on any atom is 0.269 e. The maximum atomic E-state index is 13.2. The molecule has 1 amide bonds. The second-order valence-corrected chi connectivity index (χ2v) is 8.23. The number of non-ortho nitro benzene ring substituents is 1. The van der Waals surface area contributed by atoms with E-state index in [4.69, 9.17) is 4.74 Å². The Hall–Kier alpha value is -2.03. The second kappa shape index (κ2) is 9.19. The molecule has 0 bridgehead atoms. The van der Waals surface area contributed by atoms with E-state index in [0.29, 0.717) is 25.6 Å². The summed E-state index contributed by atoms with van der Waals surface area (Å²) in [6.45, 7) is 6.41. The molecule has 8 heteroatoms. The van der Waals surface area contributed by atoms with Crippen LogP contribution in [0.4, 0.5) is 11.4 Å². The van der Waals surface area contributed by atoms with Gasteiger partial charge in [0, 0.05) is 56.6 Å². The van der Waals surface area contributed by atoms with E-state index in [-0.39, 0.29) is 16.5 Å². The number of rotatable bonds is 7. The van der Waals surface area contributed by atoms with Crippen molar-refractivity contribution in [3.63, 3.8) is 0 Å². The molecule has 3 aliphatic rings. The van der Waals surface area contributed by atoms with Gasteiger partial charge in [-0.1, -0.05) is 12.8 Å². The second-order valence-electron chi connectivity index (χ2n) is 8.23. The molecule has 0 radical (unpaired) electrons. The number of ether oxygens (including phenoxy) is 1. The predicted octanol–water partition coefficient (Wildman–Crippen LogP) is 2.06. The number of hydrogen-bond donors (Lipinski definition) is 0. The average Bonchev–Trinajstić information content (AvgIpc) is 3.41. The normalized spacial score (nSPS) is 20.4. The highest BCUT2D eigenvalue weighted by Gasteiger charge is 2.30. The van der Waals surface area contributed by atoms with E-state index in [1.54, 1.807) is 12.1 Å². The number of carbonyl (C=O) groups excluding carboxylic acids is 1. The van der Waals surface area contributed by atoms with Gasteiger partial charge in [-0.2, -0.15) is 0 Å². The zero-order valence-corrected chi connectivity index (χ0v) is 16.9. The van der Waals surface area contributed by atoms with Gasteiger partial charge in [0.2, 0.25) is 5.91 Å². The molecule has 29 heavy (non-hydrogen) atoms. The van der Waals surface area contributed by atoms with Gasteiger partial charge >= 0.3 is 0 Å². The Bertz CT molecular complexity index is 744. The SMILES string of the molecule is O=C(CN(CCN1CCOCC1)C1CCCC1)N1CCc2cc([N+](=O)[O-])ccc21. The number of nitrogens with zero attached hydrogens (tertiary/aromatic N) is 4. The van der Waals surface area contributed by atoms with Gasteiger partial charge in [-0.25, -0.2) is 0 Å². The maximum absolute atomic E-state index is 13.2. The molecule has 0 aromatic heterocycles. The number of amides is 1. The minimum absolute atomic E-state index is 0.0937. The number of hydrogen-bond acceptors (Lipinski definition) is 6. The van der Waals surface area contributed by atoms with Gasteiger partial charge in [-0.15, -0.1) is 0 Å². The van der Waals surface area contributed by atoms with Gasteiger partial charge < -0.3 is 9.64 Å². The van der Waals surface area contributed by atoms with Crippen molar-refractivity contribution in [2.45, 2.75) is 38.1 Å². The third-order valence-electron chi connectivity index (χ3n) is 6.46. The summed E-state index contributed by atoms with van der Waals surface area (Å²) in [6.07, 6.45) is 5.49. The lowest BCUT2D eigenvalue weighted by atomic mass is 10.1. The van der Waals surface area contributed by atoms with Crippen molar-refractivity contribution in [3.05, 3.63) is 33.9 Å². The van der Waals surface area contributed by atoms with Crippen LogP contribution >= 0.6 is 0 Å². The van der Waals surface area contributed by atoms with Crippen LogP contribution in [0.2, 0.25) is 0 Å². The van der Waals surface area contributed by atoms with E-state index in [1.807, 2.05) is 4.90 Å². The van der Waals surface area contributed by atoms with Crippen LogP contribution in [0, 0.1) is 10.1 Å². The molecule has 158 valence electrons. The number of morpholine rings is 1. The molecule has 4 rings (SSSR count). The van der Waals surface area contributed by atoms with Crippen LogP contribution in [-0.4, -0.2) is 79.2 Å². The minimum Gasteiger partial charge on any atom is -0.379 e. The lowest BCUT2D eigenvalue weighted by Gasteiger charge is -2.33. The molecule has 0 N–H and O–H groups in total. The highest BCUT2D eigenvalue weighted by Crippen LogP contribution is 2.32. The van der Waals surface area contributed by atoms with E-state index >= 15 is 0 Å². The molecule has 8 nitrogen and oxygen atoms in total. The quantitative estimate of drug-likeness (QED) is 0.513. The molecule has 0 unspecified atom stereocenters. The van der Waals surface area contributed by atoms with Gasteiger partial charge in [-0.05, 0) is 30.9 Å². The molecule has 2 fully saturated rings. The van der Waals surface area contributed by atoms with Crippen LogP contribution in [0.15, 0.2) is 18.2 Å². The molecule has 1 aliphatic carbocycles. The molecule has 0 atom stereocenters. The van der Waals surface area contributed by atoms with E-state index in [0.717, 1.165) is 50.6 Å². The Labute approximate surface area is 171 Å². The average molecular weight is 402 g/mol. The number of carbonyl (C=O) groups is 1. The van der Waals surface area contributed by atoms with Crippen molar-refractivity contribution in [2.75, 3.05) is 57.4 Å². The fraction of sp³-hybridized carbons (Fsp3) is 0.667. The van der Waals surface area contributed by atoms with Crippen molar-refractivity contribution in [1.29, 1.82) is 0 Å². The summed E-state index contributed by atoms with van der Waals surface area (Å²) in [4.78, 5) is 30.4. The molecule has 1 aromatic carbocycles. The fourth-order valence-corrected chi connectivity index (χ4v) is 4.77. The van der Waals surface area contributed by atoms with Gasteiger partial charge in [0.05, 0.1) is 24.7 Å². The highest BCUT2D eigenvalue weighted by molar-refractivity contribution is 5.97. The first kappa shape index (κ1) is 20.3. The monoisotopic (exact) mass is 402 g/mol. The zero-order chi connectivity index (χ0) is 20.2. The molecular formula is C21H30N4O4. The largest absolute Gasteiger partial charge is 0.379 e. The number of anilines is 1. The summed E-state index contributed by atoms with van der Waals surface area (Å²) in [5.41, 5.74) is 1.82. The Balaban J connectivity index is 1.41. The van der Waals surface area contributed by atoms with Crippen LogP contribution in [0.25, 0.3) is 0 Å². The Kier molecular flexibility index (Phi) is 6.42. The molecular weight excluding hydrogens is 372 g/mol. The number of nitro benzene ring substituents is 1. The van der Waals surface area contributed by atoms with Crippen molar-refractivity contribution >= 4 is 17.3 Å². The van der Waals surface area contributed by atoms with Gasteiger partial charge in [0.1, 0.15) is 0 Å². The third kappa shape index (κ3) is 4.76. The zero-order valence-electron chi connectivity index (χ0n) is 16.9. The molecule has 0 spiro atoms. The van der Waals surface area contributed by atoms with Crippen molar-refractivity contribution < 1.29 is 14.5 Å². The summed E-state index contributed by atoms with van der Waals surface area (Å²) in [5, 5.41) is 11.0. The van der Waals surface area contributed by atoms with Crippen molar-refractivity contribution in [3.8, 4) is 0 Å². The van der Waals surface area contributed by atoms with E-state index in [9.17, 15) is 14.9 Å². The number of nitro groups is 1. The first-order valence-electron chi connectivity index (χ1n) is 10.7. The molecule has 1 saturated heterocycles. The molecule has 1 aromatic rings. The Morgan fingerprint density at radius 2 is 1.97 bits per heavy atom. The molecule has 1 saturated carbocycles. The van der Waals surface area contributed by atoms with E-state index in [1.165, 1.54) is 31.7 Å². The topological polar surface area (TPSA) is 79.2 Å². The standard InChI is InChI=1S/C21H30N4O4/c26-21(24-8-7-17-15-19(25(27)28)5-6-20(17)24)16-23(18-3-1-2-4-18)10-9-22-11-13-29-14-12-22/h5-6,15,18H,1-4,7-14,16H2. The Morgan fingerprint density at radius 3 is 2.69 bits per heavy atom. The lowest BCUT2D eigenvalue weighted by Crippen LogP contribution is -2.48. The first-order chi connectivity index (χ1) is 14.1. The fourth-order valence-electron chi connectivity index (χ4n) is 4.77. The Morgan fingerprint density at radius 1 is 1.21 bits per heavy atom. The van der Waals surface area contributed by atoms with Crippen molar-refractivity contribution in [1.82, 2.24) is 9.80 Å². The summed E-state index contributed by atoms with van der Waals surface area (Å²) in [5.74, 6) is 0.103. The summed E-state index contributed by atoms with van der Waals surface area (Å²) < 4.78 is 5.44. The third-order valence-corrected chi connectivity index (χ3v) is 6.46. The smallest absolute Gasteiger partial charge is 0.269 e. The van der Waals surface area contributed by atoms with Crippen LogP contribution in [0.1, 0.15) is 31.2 Å². The summed E-state index contributed by atoms with van der Waals surface area (Å²) in [7, 11) is 0. The number of fused-ring (bicyclic) bond motifs is 1. The van der Waals surface area contributed by atoms with Crippen LogP contribution in [0.5, 0.6) is 0 Å². The lowest BCUT2D eigenvalue weighted by molar-refractivity contribution is -0.384. The first-order valence-corrected chi connectivity index (χ1v) is 10.7. The number of benzene rings is 1. The summed E-state index contributed by atoms with van der Waals surface area (Å²) >= 11 is 0. The van der Waals surface area contributed by atoms with E-state index < -0.39 is 0 Å². The summed E-state index contributed by atoms with van der Waals surface area (Å²) in [6, 6.07) is 5.32. The van der Waals surface area contributed by atoms with Crippen LogP contribution in [-0.2, 0) is 16.0 Å².